The lowest BCUT2D eigenvalue weighted by atomic mass is 10.6. The molecule has 8 heavy (non-hydrogen) atoms. The fourth-order valence-electron chi connectivity index (χ4n) is 0.419. The summed E-state index contributed by atoms with van der Waals surface area (Å²) in [4.78, 5) is 22.1. The first-order valence-corrected chi connectivity index (χ1v) is 3.13. The Labute approximate surface area is 51.0 Å². The third-order valence-electron chi connectivity index (χ3n) is 0.967. The number of rotatable bonds is 0. The molecule has 3 nitrogen and oxygen atoms in total. The van der Waals surface area contributed by atoms with Crippen molar-refractivity contribution in [3.05, 3.63) is 0 Å². The molecule has 0 aromatic heterocycles. The van der Waals surface area contributed by atoms with Gasteiger partial charge in [0, 0.05) is 7.05 Å². The minimum Gasteiger partial charge on any atom is -0.276 e. The van der Waals surface area contributed by atoms with Gasteiger partial charge in [0.2, 0.25) is 5.91 Å². The Bertz CT molecular complexity index is 129. The van der Waals surface area contributed by atoms with Crippen LogP contribution >= 0.6 is 11.8 Å². The zero-order chi connectivity index (χ0) is 6.15. The molecule has 1 aliphatic heterocycles. The number of amides is 2. The lowest BCUT2D eigenvalue weighted by Gasteiger charge is -1.99. The van der Waals surface area contributed by atoms with Crippen LogP contribution in [-0.4, -0.2) is 28.8 Å². The van der Waals surface area contributed by atoms with Crippen molar-refractivity contribution in [3.8, 4) is 0 Å². The molecule has 0 aromatic rings. The standard InChI is InChI=1S/C4H5NO2S/c1-5-3(6)2-8-4(5)7/h2H2,1H3. The number of hydrogen-bond donors (Lipinski definition) is 0. The van der Waals surface area contributed by atoms with Crippen molar-refractivity contribution in [2.75, 3.05) is 12.8 Å². The second kappa shape index (κ2) is 1.78. The van der Waals surface area contributed by atoms with Gasteiger partial charge in [-0.1, -0.05) is 11.8 Å². The molecule has 0 saturated carbocycles. The molecule has 1 saturated heterocycles. The van der Waals surface area contributed by atoms with Crippen molar-refractivity contribution in [3.63, 3.8) is 0 Å². The van der Waals surface area contributed by atoms with E-state index < -0.39 is 0 Å². The first-order valence-electron chi connectivity index (χ1n) is 2.15. The first-order chi connectivity index (χ1) is 3.72. The summed E-state index contributed by atoms with van der Waals surface area (Å²) in [6.07, 6.45) is 0. The molecular weight excluding hydrogens is 126 g/mol. The maximum Gasteiger partial charge on any atom is 0.288 e. The highest BCUT2D eigenvalue weighted by Gasteiger charge is 2.25. The molecular formula is C4H5NO2S. The summed E-state index contributed by atoms with van der Waals surface area (Å²) in [5.74, 6) is 0.218. The third-order valence-corrected chi connectivity index (χ3v) is 1.88. The number of hydrogen-bond acceptors (Lipinski definition) is 3. The van der Waals surface area contributed by atoms with E-state index >= 15 is 0 Å². The molecule has 0 radical (unpaired) electrons. The molecule has 4 heteroatoms. The van der Waals surface area contributed by atoms with Crippen LogP contribution in [0, 0.1) is 0 Å². The van der Waals surface area contributed by atoms with Crippen LogP contribution in [0.3, 0.4) is 0 Å². The highest BCUT2D eigenvalue weighted by molar-refractivity contribution is 8.14. The van der Waals surface area contributed by atoms with Gasteiger partial charge in [-0.2, -0.15) is 0 Å². The molecule has 1 aliphatic rings. The van der Waals surface area contributed by atoms with Crippen LogP contribution in [0.25, 0.3) is 0 Å². The lowest BCUT2D eigenvalue weighted by Crippen LogP contribution is -2.22. The molecule has 0 unspecified atom stereocenters. The maximum absolute atomic E-state index is 10.5. The van der Waals surface area contributed by atoms with Crippen molar-refractivity contribution < 1.29 is 9.59 Å². The summed E-state index contributed by atoms with van der Waals surface area (Å²) in [7, 11) is 1.49. The quantitative estimate of drug-likeness (QED) is 0.475. The fraction of sp³-hybridized carbons (Fsp3) is 0.500. The molecule has 1 fully saturated rings. The van der Waals surface area contributed by atoms with Crippen LogP contribution in [0.5, 0.6) is 0 Å². The Hall–Kier alpha value is -0.510. The van der Waals surface area contributed by atoms with Gasteiger partial charge in [0.1, 0.15) is 0 Å². The molecule has 1 heterocycles. The summed E-state index contributed by atoms with van der Waals surface area (Å²) >= 11 is 1.05. The van der Waals surface area contributed by atoms with E-state index in [1.807, 2.05) is 0 Å². The average molecular weight is 131 g/mol. The predicted octanol–water partition coefficient (Wildman–Crippen LogP) is 0.312. The van der Waals surface area contributed by atoms with E-state index in [9.17, 15) is 9.59 Å². The van der Waals surface area contributed by atoms with Crippen molar-refractivity contribution in [2.45, 2.75) is 0 Å². The monoisotopic (exact) mass is 131 g/mol. The van der Waals surface area contributed by atoms with Gasteiger partial charge in [-0.15, -0.1) is 0 Å². The highest BCUT2D eigenvalue weighted by atomic mass is 32.2. The van der Waals surface area contributed by atoms with E-state index in [0.717, 1.165) is 16.7 Å². The smallest absolute Gasteiger partial charge is 0.276 e. The maximum atomic E-state index is 10.5. The zero-order valence-corrected chi connectivity index (χ0v) is 5.20. The summed E-state index contributed by atoms with van der Waals surface area (Å²) < 4.78 is 0. The number of imide groups is 1. The molecule has 0 N–H and O–H groups in total. The van der Waals surface area contributed by atoms with E-state index in [4.69, 9.17) is 0 Å². The van der Waals surface area contributed by atoms with Gasteiger partial charge in [0.15, 0.2) is 0 Å². The molecule has 2 amide bonds. The van der Waals surface area contributed by atoms with Crippen molar-refractivity contribution in [1.29, 1.82) is 0 Å². The van der Waals surface area contributed by atoms with E-state index in [1.54, 1.807) is 0 Å². The van der Waals surface area contributed by atoms with Gasteiger partial charge >= 0.3 is 0 Å². The van der Waals surface area contributed by atoms with Crippen LogP contribution in [0.1, 0.15) is 0 Å². The molecule has 0 bridgehead atoms. The third kappa shape index (κ3) is 0.709. The van der Waals surface area contributed by atoms with Crippen LogP contribution in [0.4, 0.5) is 4.79 Å². The molecule has 0 atom stereocenters. The second-order valence-corrected chi connectivity index (χ2v) is 2.43. The predicted molar refractivity (Wildman–Crippen MR) is 30.6 cm³/mol. The minimum atomic E-state index is -0.144. The number of thioether (sulfide) groups is 1. The number of carbonyl (C=O) groups is 2. The Morgan fingerprint density at radius 1 is 1.62 bits per heavy atom. The van der Waals surface area contributed by atoms with Gasteiger partial charge in [0.05, 0.1) is 5.75 Å². The van der Waals surface area contributed by atoms with Crippen LogP contribution in [-0.2, 0) is 4.79 Å². The van der Waals surface area contributed by atoms with Crippen LogP contribution < -0.4 is 0 Å². The van der Waals surface area contributed by atoms with Crippen molar-refractivity contribution in [1.82, 2.24) is 4.90 Å². The minimum absolute atomic E-state index is 0.0972. The van der Waals surface area contributed by atoms with Crippen molar-refractivity contribution in [2.24, 2.45) is 0 Å². The number of carbonyl (C=O) groups excluding carboxylic acids is 2. The van der Waals surface area contributed by atoms with Gasteiger partial charge in [-0.3, -0.25) is 14.5 Å². The first kappa shape index (κ1) is 5.62. The Morgan fingerprint density at radius 2 is 2.25 bits per heavy atom. The largest absolute Gasteiger partial charge is 0.288 e. The highest BCUT2D eigenvalue weighted by Crippen LogP contribution is 2.15. The van der Waals surface area contributed by atoms with Crippen LogP contribution in [0.15, 0.2) is 0 Å². The average Bonchev–Trinajstić information content (AvgIpc) is 1.98. The van der Waals surface area contributed by atoms with Crippen molar-refractivity contribution >= 4 is 22.9 Å². The lowest BCUT2D eigenvalue weighted by molar-refractivity contribution is -0.123. The molecule has 44 valence electrons. The fourth-order valence-corrected chi connectivity index (χ4v) is 1.16. The van der Waals surface area contributed by atoms with E-state index in [2.05, 4.69) is 0 Å². The van der Waals surface area contributed by atoms with Gasteiger partial charge in [-0.05, 0) is 0 Å². The molecule has 0 spiro atoms. The molecule has 0 aromatic carbocycles. The second-order valence-electron chi connectivity index (χ2n) is 1.51. The molecule has 0 aliphatic carbocycles. The SMILES string of the molecule is CN1C(=O)CSC1=O. The van der Waals surface area contributed by atoms with E-state index in [0.29, 0.717) is 5.75 Å². The number of nitrogens with zero attached hydrogens (tertiary/aromatic N) is 1. The summed E-state index contributed by atoms with van der Waals surface area (Å²) in [6, 6.07) is 0. The van der Waals surface area contributed by atoms with E-state index in [1.165, 1.54) is 7.05 Å². The zero-order valence-electron chi connectivity index (χ0n) is 4.38. The van der Waals surface area contributed by atoms with Gasteiger partial charge in [-0.25, -0.2) is 0 Å². The van der Waals surface area contributed by atoms with Gasteiger partial charge in [0.25, 0.3) is 5.24 Å². The Morgan fingerprint density at radius 3 is 2.38 bits per heavy atom. The Balaban J connectivity index is 2.70. The topological polar surface area (TPSA) is 37.4 Å². The summed E-state index contributed by atoms with van der Waals surface area (Å²) in [6.45, 7) is 0. The molecule has 1 rings (SSSR count). The van der Waals surface area contributed by atoms with Crippen LogP contribution in [0.2, 0.25) is 0 Å². The Kier molecular flexibility index (Phi) is 1.25. The van der Waals surface area contributed by atoms with Gasteiger partial charge < -0.3 is 0 Å². The van der Waals surface area contributed by atoms with E-state index in [-0.39, 0.29) is 11.1 Å². The summed E-state index contributed by atoms with van der Waals surface area (Å²) in [5.41, 5.74) is 0. The normalized spacial score (nSPS) is 20.4. The summed E-state index contributed by atoms with van der Waals surface area (Å²) in [5, 5.41) is -0.144.